The molecule has 0 aliphatic rings. The molecule has 0 heterocycles. The molecule has 0 atom stereocenters. The van der Waals surface area contributed by atoms with Crippen LogP contribution in [0.3, 0.4) is 0 Å². The zero-order chi connectivity index (χ0) is 18.0. The van der Waals surface area contributed by atoms with Gasteiger partial charge in [0, 0.05) is 27.2 Å². The Morgan fingerprint density at radius 1 is 1.28 bits per heavy atom. The highest BCUT2D eigenvalue weighted by Gasteiger charge is 2.08. The molecule has 0 amide bonds. The second-order valence-electron chi connectivity index (χ2n) is 5.65. The van der Waals surface area contributed by atoms with Gasteiger partial charge in [-0.3, -0.25) is 4.99 Å². The van der Waals surface area contributed by atoms with Crippen molar-refractivity contribution in [2.24, 2.45) is 10.1 Å². The molecule has 0 unspecified atom stereocenters. The fraction of sp³-hybridized carbons (Fsp3) is 0.471. The third-order valence-electron chi connectivity index (χ3n) is 3.68. The van der Waals surface area contributed by atoms with E-state index in [0.717, 1.165) is 30.9 Å². The lowest BCUT2D eigenvalue weighted by molar-refractivity contribution is 0.455. The summed E-state index contributed by atoms with van der Waals surface area (Å²) >= 11 is 0. The number of halogens is 1. The Kier molecular flexibility index (Phi) is 11.7. The number of hydrogen-bond acceptors (Lipinski definition) is 3. The molecule has 0 saturated carbocycles. The van der Waals surface area contributed by atoms with Crippen LogP contribution in [0, 0.1) is 0 Å². The first-order valence-electron chi connectivity index (χ1n) is 8.03. The molecule has 1 aromatic rings. The van der Waals surface area contributed by atoms with Crippen LogP contribution in [0.5, 0.6) is 0 Å². The van der Waals surface area contributed by atoms with E-state index >= 15 is 0 Å². The van der Waals surface area contributed by atoms with E-state index in [0.29, 0.717) is 6.54 Å². The standard InChI is InChI=1S/C17H28N4O2S.HI/c1-4-5-6-7-8-13-21(3)17(19-2)20-14-15-9-11-16(12-10-15)24(18,22)23;/h4,9-12H,1,5-8,13-14H2,2-3H3,(H,19,20)(H2,18,22,23);1H. The van der Waals surface area contributed by atoms with Crippen molar-refractivity contribution in [3.8, 4) is 0 Å². The highest BCUT2D eigenvalue weighted by molar-refractivity contribution is 14.0. The van der Waals surface area contributed by atoms with Crippen LogP contribution in [-0.2, 0) is 16.6 Å². The Morgan fingerprint density at radius 3 is 2.44 bits per heavy atom. The van der Waals surface area contributed by atoms with Crippen molar-refractivity contribution in [3.63, 3.8) is 0 Å². The van der Waals surface area contributed by atoms with Crippen molar-refractivity contribution in [3.05, 3.63) is 42.5 Å². The molecule has 6 nitrogen and oxygen atoms in total. The number of nitrogens with two attached hydrogens (primary N) is 1. The molecular weight excluding hydrogens is 451 g/mol. The number of unbranched alkanes of at least 4 members (excludes halogenated alkanes) is 3. The molecule has 0 saturated heterocycles. The predicted molar refractivity (Wildman–Crippen MR) is 115 cm³/mol. The summed E-state index contributed by atoms with van der Waals surface area (Å²) in [6.07, 6.45) is 6.45. The van der Waals surface area contributed by atoms with Crippen molar-refractivity contribution in [2.45, 2.75) is 37.1 Å². The van der Waals surface area contributed by atoms with Gasteiger partial charge in [-0.2, -0.15) is 0 Å². The first-order valence-corrected chi connectivity index (χ1v) is 9.57. The molecule has 142 valence electrons. The fourth-order valence-corrected chi connectivity index (χ4v) is 2.80. The molecule has 1 rings (SSSR count). The Hall–Kier alpha value is -1.13. The number of aliphatic imine (C=N–C) groups is 1. The number of hydrogen-bond donors (Lipinski definition) is 2. The topological polar surface area (TPSA) is 87.8 Å². The van der Waals surface area contributed by atoms with Gasteiger partial charge in [-0.25, -0.2) is 13.6 Å². The van der Waals surface area contributed by atoms with E-state index in [1.165, 1.54) is 25.0 Å². The maximum absolute atomic E-state index is 11.2. The average Bonchev–Trinajstić information content (AvgIpc) is 2.55. The van der Waals surface area contributed by atoms with E-state index in [9.17, 15) is 8.42 Å². The summed E-state index contributed by atoms with van der Waals surface area (Å²) in [5.41, 5.74) is 0.961. The Balaban J connectivity index is 0.00000576. The lowest BCUT2D eigenvalue weighted by Gasteiger charge is -2.22. The van der Waals surface area contributed by atoms with E-state index in [1.807, 2.05) is 13.1 Å². The zero-order valence-electron chi connectivity index (χ0n) is 14.9. The molecular formula is C17H29IN4O2S. The van der Waals surface area contributed by atoms with Crippen LogP contribution in [0.2, 0.25) is 0 Å². The van der Waals surface area contributed by atoms with E-state index in [1.54, 1.807) is 19.2 Å². The van der Waals surface area contributed by atoms with Gasteiger partial charge in [0.1, 0.15) is 0 Å². The minimum Gasteiger partial charge on any atom is -0.352 e. The maximum Gasteiger partial charge on any atom is 0.238 e. The number of nitrogens with zero attached hydrogens (tertiary/aromatic N) is 2. The number of rotatable bonds is 9. The summed E-state index contributed by atoms with van der Waals surface area (Å²) < 4.78 is 22.5. The SMILES string of the molecule is C=CCCCCCN(C)C(=NC)NCc1ccc(S(N)(=O)=O)cc1.I. The molecule has 25 heavy (non-hydrogen) atoms. The van der Waals surface area contributed by atoms with Gasteiger partial charge in [0.05, 0.1) is 4.90 Å². The maximum atomic E-state index is 11.2. The van der Waals surface area contributed by atoms with E-state index in [2.05, 4.69) is 21.8 Å². The van der Waals surface area contributed by atoms with Crippen molar-refractivity contribution >= 4 is 40.0 Å². The quantitative estimate of drug-likeness (QED) is 0.187. The predicted octanol–water partition coefficient (Wildman–Crippen LogP) is 2.71. The number of nitrogens with one attached hydrogen (secondary N) is 1. The number of benzene rings is 1. The van der Waals surface area contributed by atoms with Crippen LogP contribution in [0.4, 0.5) is 0 Å². The summed E-state index contributed by atoms with van der Waals surface area (Å²) in [4.78, 5) is 6.48. The van der Waals surface area contributed by atoms with Gasteiger partial charge in [0.25, 0.3) is 0 Å². The van der Waals surface area contributed by atoms with Crippen LogP contribution >= 0.6 is 24.0 Å². The largest absolute Gasteiger partial charge is 0.352 e. The Bertz CT molecular complexity index is 645. The normalized spacial score (nSPS) is 11.6. The van der Waals surface area contributed by atoms with E-state index in [4.69, 9.17) is 5.14 Å². The number of allylic oxidation sites excluding steroid dienone is 1. The molecule has 0 radical (unpaired) electrons. The molecule has 0 bridgehead atoms. The highest BCUT2D eigenvalue weighted by atomic mass is 127. The molecule has 8 heteroatoms. The van der Waals surface area contributed by atoms with Crippen LogP contribution in [0.1, 0.15) is 31.2 Å². The van der Waals surface area contributed by atoms with Gasteiger partial charge in [-0.15, -0.1) is 30.6 Å². The van der Waals surface area contributed by atoms with Crippen molar-refractivity contribution in [2.75, 3.05) is 20.6 Å². The first kappa shape index (κ1) is 23.9. The van der Waals surface area contributed by atoms with Crippen LogP contribution in [0.25, 0.3) is 0 Å². The van der Waals surface area contributed by atoms with Crippen LogP contribution < -0.4 is 10.5 Å². The lowest BCUT2D eigenvalue weighted by atomic mass is 10.2. The van der Waals surface area contributed by atoms with Gasteiger partial charge in [0.2, 0.25) is 10.0 Å². The van der Waals surface area contributed by atoms with Crippen LogP contribution in [0.15, 0.2) is 46.8 Å². The number of primary sulfonamides is 1. The highest BCUT2D eigenvalue weighted by Crippen LogP contribution is 2.08. The molecule has 0 aliphatic carbocycles. The van der Waals surface area contributed by atoms with Gasteiger partial charge in [-0.05, 0) is 37.0 Å². The number of sulfonamides is 1. The van der Waals surface area contributed by atoms with Gasteiger partial charge in [-0.1, -0.05) is 24.6 Å². The summed E-state index contributed by atoms with van der Waals surface area (Å²) in [5, 5.41) is 8.37. The minimum atomic E-state index is -3.64. The molecule has 0 fully saturated rings. The summed E-state index contributed by atoms with van der Waals surface area (Å²) in [7, 11) is 0.113. The van der Waals surface area contributed by atoms with Gasteiger partial charge in [0.15, 0.2) is 5.96 Å². The van der Waals surface area contributed by atoms with E-state index in [-0.39, 0.29) is 28.9 Å². The second-order valence-corrected chi connectivity index (χ2v) is 7.21. The summed E-state index contributed by atoms with van der Waals surface area (Å²) in [6.45, 7) is 5.23. The van der Waals surface area contributed by atoms with Gasteiger partial charge >= 0.3 is 0 Å². The van der Waals surface area contributed by atoms with Crippen molar-refractivity contribution < 1.29 is 8.42 Å². The first-order chi connectivity index (χ1) is 11.4. The van der Waals surface area contributed by atoms with E-state index < -0.39 is 10.0 Å². The smallest absolute Gasteiger partial charge is 0.238 e. The van der Waals surface area contributed by atoms with Crippen molar-refractivity contribution in [1.29, 1.82) is 0 Å². The van der Waals surface area contributed by atoms with Crippen molar-refractivity contribution in [1.82, 2.24) is 10.2 Å². The fourth-order valence-electron chi connectivity index (χ4n) is 2.28. The zero-order valence-corrected chi connectivity index (χ0v) is 18.1. The Morgan fingerprint density at radius 2 is 1.92 bits per heavy atom. The Labute approximate surface area is 168 Å². The molecule has 0 spiro atoms. The average molecular weight is 480 g/mol. The number of guanidine groups is 1. The lowest BCUT2D eigenvalue weighted by Crippen LogP contribution is -2.39. The second kappa shape index (κ2) is 12.3. The molecule has 0 aromatic heterocycles. The van der Waals surface area contributed by atoms with Crippen LogP contribution in [-0.4, -0.2) is 39.9 Å². The molecule has 1 aromatic carbocycles. The monoisotopic (exact) mass is 480 g/mol. The summed E-state index contributed by atoms with van der Waals surface area (Å²) in [5.74, 6) is 0.814. The van der Waals surface area contributed by atoms with Gasteiger partial charge < -0.3 is 10.2 Å². The minimum absolute atomic E-state index is 0. The third kappa shape index (κ3) is 9.22. The molecule has 0 aliphatic heterocycles. The molecule has 3 N–H and O–H groups in total. The summed E-state index contributed by atoms with van der Waals surface area (Å²) in [6, 6.07) is 6.52. The third-order valence-corrected chi connectivity index (χ3v) is 4.61.